The van der Waals surface area contributed by atoms with Crippen molar-refractivity contribution in [3.8, 4) is 0 Å². The van der Waals surface area contributed by atoms with Gasteiger partial charge in [-0.05, 0) is 25.8 Å². The minimum Gasteiger partial charge on any atom is -0.354 e. The van der Waals surface area contributed by atoms with Gasteiger partial charge in [0.25, 0.3) is 0 Å². The molecular formula is C20H28N6O. The third kappa shape index (κ3) is 2.88. The Balaban J connectivity index is 1.38. The third-order valence-electron chi connectivity index (χ3n) is 6.53. The number of anilines is 1. The molecule has 0 bridgehead atoms. The smallest absolute Gasteiger partial charge is 0.229 e. The van der Waals surface area contributed by atoms with Gasteiger partial charge in [0.2, 0.25) is 5.91 Å². The molecule has 4 heterocycles. The van der Waals surface area contributed by atoms with E-state index in [-0.39, 0.29) is 5.92 Å². The Morgan fingerprint density at radius 2 is 2.00 bits per heavy atom. The van der Waals surface area contributed by atoms with Crippen LogP contribution in [-0.4, -0.2) is 64.7 Å². The average molecular weight is 368 g/mol. The van der Waals surface area contributed by atoms with Crippen LogP contribution in [0.25, 0.3) is 5.65 Å². The third-order valence-corrected chi connectivity index (χ3v) is 6.53. The number of fused-ring (bicyclic) bond motifs is 2. The Hall–Kier alpha value is -2.15. The summed E-state index contributed by atoms with van der Waals surface area (Å²) in [5.74, 6) is 1.57. The Bertz CT molecular complexity index is 850. The second-order valence-corrected chi connectivity index (χ2v) is 8.20. The molecule has 2 aromatic heterocycles. The minimum absolute atomic E-state index is 0.105. The van der Waals surface area contributed by atoms with Gasteiger partial charge in [-0.15, -0.1) is 0 Å². The molecule has 0 radical (unpaired) electrons. The molecule has 144 valence electrons. The zero-order valence-corrected chi connectivity index (χ0v) is 16.0. The summed E-state index contributed by atoms with van der Waals surface area (Å²) in [4.78, 5) is 22.1. The number of carbonyl (C=O) groups is 1. The van der Waals surface area contributed by atoms with Crippen LogP contribution >= 0.6 is 0 Å². The van der Waals surface area contributed by atoms with Crippen molar-refractivity contribution in [2.24, 2.45) is 5.92 Å². The van der Waals surface area contributed by atoms with E-state index in [1.165, 1.54) is 24.1 Å². The van der Waals surface area contributed by atoms with Crippen LogP contribution in [0.5, 0.6) is 0 Å². The molecule has 2 fully saturated rings. The SMILES string of the molecule is CN(C(=O)C1CN(c2c3c(nc4ccnn24)CCNCC3)C1)C1CCCC1. The second-order valence-electron chi connectivity index (χ2n) is 8.20. The van der Waals surface area contributed by atoms with Crippen LogP contribution in [0.15, 0.2) is 12.3 Å². The molecule has 7 nitrogen and oxygen atoms in total. The van der Waals surface area contributed by atoms with E-state index in [1.54, 1.807) is 0 Å². The molecule has 1 amide bonds. The van der Waals surface area contributed by atoms with Crippen molar-refractivity contribution in [3.05, 3.63) is 23.5 Å². The largest absolute Gasteiger partial charge is 0.354 e. The van der Waals surface area contributed by atoms with Crippen molar-refractivity contribution < 1.29 is 4.79 Å². The summed E-state index contributed by atoms with van der Waals surface area (Å²) >= 11 is 0. The van der Waals surface area contributed by atoms with Gasteiger partial charge in [-0.2, -0.15) is 9.61 Å². The molecule has 2 aromatic rings. The first-order chi connectivity index (χ1) is 13.2. The molecule has 0 spiro atoms. The Labute approximate surface area is 159 Å². The molecule has 3 aliphatic rings. The van der Waals surface area contributed by atoms with Crippen LogP contribution in [0.1, 0.15) is 36.9 Å². The lowest BCUT2D eigenvalue weighted by Crippen LogP contribution is -2.56. The summed E-state index contributed by atoms with van der Waals surface area (Å²) in [6.07, 6.45) is 8.57. The topological polar surface area (TPSA) is 65.8 Å². The highest BCUT2D eigenvalue weighted by Crippen LogP contribution is 2.33. The fraction of sp³-hybridized carbons (Fsp3) is 0.650. The van der Waals surface area contributed by atoms with E-state index in [0.717, 1.165) is 63.3 Å². The Morgan fingerprint density at radius 3 is 2.81 bits per heavy atom. The number of carbonyl (C=O) groups excluding carboxylic acids is 1. The minimum atomic E-state index is 0.105. The zero-order valence-electron chi connectivity index (χ0n) is 16.0. The number of hydrogen-bond acceptors (Lipinski definition) is 5. The standard InChI is InChI=1S/C20H28N6O/c1-24(15-4-2-3-5-15)20(27)14-12-25(13-14)19-16-6-9-21-10-7-17(16)23-18-8-11-22-26(18)19/h8,11,14-15,21H,2-7,9-10,12-13H2,1H3. The van der Waals surface area contributed by atoms with E-state index in [0.29, 0.717) is 11.9 Å². The highest BCUT2D eigenvalue weighted by atomic mass is 16.2. The van der Waals surface area contributed by atoms with Gasteiger partial charge in [0.05, 0.1) is 17.8 Å². The number of rotatable bonds is 3. The molecule has 1 aliphatic carbocycles. The number of nitrogens with one attached hydrogen (secondary N) is 1. The van der Waals surface area contributed by atoms with Crippen molar-refractivity contribution >= 4 is 17.4 Å². The van der Waals surface area contributed by atoms with Crippen molar-refractivity contribution in [1.29, 1.82) is 0 Å². The molecule has 5 rings (SSSR count). The molecule has 7 heteroatoms. The summed E-state index contributed by atoms with van der Waals surface area (Å²) in [6.45, 7) is 3.51. The first kappa shape index (κ1) is 17.0. The molecule has 27 heavy (non-hydrogen) atoms. The van der Waals surface area contributed by atoms with E-state index in [9.17, 15) is 4.79 Å². The molecule has 0 atom stereocenters. The van der Waals surface area contributed by atoms with Crippen LogP contribution in [0.2, 0.25) is 0 Å². The molecular weight excluding hydrogens is 340 g/mol. The highest BCUT2D eigenvalue weighted by Gasteiger charge is 2.39. The van der Waals surface area contributed by atoms with Crippen LogP contribution < -0.4 is 10.2 Å². The number of amides is 1. The molecule has 1 saturated heterocycles. The lowest BCUT2D eigenvalue weighted by Gasteiger charge is -2.43. The molecule has 0 unspecified atom stereocenters. The van der Waals surface area contributed by atoms with E-state index in [1.807, 2.05) is 28.7 Å². The monoisotopic (exact) mass is 368 g/mol. The summed E-state index contributed by atoms with van der Waals surface area (Å²) in [7, 11) is 2.00. The number of aromatic nitrogens is 3. The van der Waals surface area contributed by atoms with Gasteiger partial charge in [0.1, 0.15) is 5.82 Å². The number of hydrogen-bond donors (Lipinski definition) is 1. The van der Waals surface area contributed by atoms with Gasteiger partial charge >= 0.3 is 0 Å². The van der Waals surface area contributed by atoms with Gasteiger partial charge in [0.15, 0.2) is 5.65 Å². The van der Waals surface area contributed by atoms with E-state index in [4.69, 9.17) is 4.98 Å². The Kier molecular flexibility index (Phi) is 4.27. The summed E-state index contributed by atoms with van der Waals surface area (Å²) in [5, 5.41) is 7.99. The zero-order chi connectivity index (χ0) is 18.4. The molecule has 1 saturated carbocycles. The van der Waals surface area contributed by atoms with Gasteiger partial charge < -0.3 is 15.1 Å². The maximum Gasteiger partial charge on any atom is 0.229 e. The predicted molar refractivity (Wildman–Crippen MR) is 104 cm³/mol. The first-order valence-corrected chi connectivity index (χ1v) is 10.3. The lowest BCUT2D eigenvalue weighted by molar-refractivity contribution is -0.137. The number of nitrogens with zero attached hydrogens (tertiary/aromatic N) is 5. The fourth-order valence-corrected chi connectivity index (χ4v) is 4.91. The van der Waals surface area contributed by atoms with Gasteiger partial charge in [0, 0.05) is 50.8 Å². The van der Waals surface area contributed by atoms with Crippen LogP contribution in [-0.2, 0) is 17.6 Å². The first-order valence-electron chi connectivity index (χ1n) is 10.3. The second kappa shape index (κ2) is 6.78. The fourth-order valence-electron chi connectivity index (χ4n) is 4.91. The van der Waals surface area contributed by atoms with E-state index < -0.39 is 0 Å². The maximum absolute atomic E-state index is 12.9. The van der Waals surface area contributed by atoms with Gasteiger partial charge in [-0.25, -0.2) is 4.98 Å². The van der Waals surface area contributed by atoms with Crippen molar-refractivity contribution in [1.82, 2.24) is 24.8 Å². The van der Waals surface area contributed by atoms with Crippen LogP contribution in [0.3, 0.4) is 0 Å². The lowest BCUT2D eigenvalue weighted by atomic mass is 9.96. The van der Waals surface area contributed by atoms with Gasteiger partial charge in [-0.3, -0.25) is 4.79 Å². The van der Waals surface area contributed by atoms with Crippen LogP contribution in [0, 0.1) is 5.92 Å². The summed E-state index contributed by atoms with van der Waals surface area (Å²) in [5.41, 5.74) is 3.38. The van der Waals surface area contributed by atoms with Gasteiger partial charge in [-0.1, -0.05) is 12.8 Å². The van der Waals surface area contributed by atoms with Crippen molar-refractivity contribution in [2.75, 3.05) is 38.1 Å². The normalized spacial score (nSPS) is 21.1. The Morgan fingerprint density at radius 1 is 1.22 bits per heavy atom. The van der Waals surface area contributed by atoms with Crippen molar-refractivity contribution in [2.45, 2.75) is 44.6 Å². The molecule has 2 aliphatic heterocycles. The molecule has 0 aromatic carbocycles. The summed E-state index contributed by atoms with van der Waals surface area (Å²) < 4.78 is 1.96. The van der Waals surface area contributed by atoms with E-state index in [2.05, 4.69) is 15.3 Å². The predicted octanol–water partition coefficient (Wildman–Crippen LogP) is 1.25. The highest BCUT2D eigenvalue weighted by molar-refractivity contribution is 5.82. The summed E-state index contributed by atoms with van der Waals surface area (Å²) in [6, 6.07) is 2.42. The van der Waals surface area contributed by atoms with Crippen molar-refractivity contribution in [3.63, 3.8) is 0 Å². The quantitative estimate of drug-likeness (QED) is 0.883. The maximum atomic E-state index is 12.9. The molecule has 1 N–H and O–H groups in total. The van der Waals surface area contributed by atoms with E-state index >= 15 is 0 Å². The van der Waals surface area contributed by atoms with Crippen LogP contribution in [0.4, 0.5) is 5.82 Å². The average Bonchev–Trinajstić information content (AvgIpc) is 3.27.